The van der Waals surface area contributed by atoms with Gasteiger partial charge in [-0.1, -0.05) is 29.8 Å². The first-order valence-electron chi connectivity index (χ1n) is 8.33. The molecule has 0 unspecified atom stereocenters. The smallest absolute Gasteiger partial charge is 0.352 e. The molecule has 28 heavy (non-hydrogen) atoms. The van der Waals surface area contributed by atoms with Gasteiger partial charge in [-0.25, -0.2) is 8.42 Å². The molecule has 0 heterocycles. The van der Waals surface area contributed by atoms with Crippen LogP contribution in [0.5, 0.6) is 0 Å². The van der Waals surface area contributed by atoms with E-state index < -0.39 is 39.2 Å². The van der Waals surface area contributed by atoms with Gasteiger partial charge in [-0.2, -0.15) is 13.2 Å². The number of amides is 1. The van der Waals surface area contributed by atoms with Crippen LogP contribution in [0.4, 0.5) is 18.9 Å². The number of anilines is 1. The van der Waals surface area contributed by atoms with Crippen LogP contribution in [-0.4, -0.2) is 26.9 Å². The van der Waals surface area contributed by atoms with Crippen LogP contribution in [0.25, 0.3) is 0 Å². The molecule has 3 rings (SSSR count). The monoisotopic (exact) mass is 432 g/mol. The molecule has 0 spiro atoms. The number of carbonyl (C=O) groups is 1. The van der Waals surface area contributed by atoms with Gasteiger partial charge in [0.2, 0.25) is 5.91 Å². The number of sulfonamides is 1. The summed E-state index contributed by atoms with van der Waals surface area (Å²) in [6.45, 7) is -0.646. The summed E-state index contributed by atoms with van der Waals surface area (Å²) < 4.78 is 66.4. The maximum Gasteiger partial charge on any atom is 0.417 e. The average molecular weight is 433 g/mol. The topological polar surface area (TPSA) is 66.5 Å². The maximum atomic E-state index is 13.2. The van der Waals surface area contributed by atoms with E-state index in [-0.39, 0.29) is 16.6 Å². The van der Waals surface area contributed by atoms with Crippen molar-refractivity contribution in [2.24, 2.45) is 0 Å². The van der Waals surface area contributed by atoms with E-state index in [4.69, 9.17) is 11.6 Å². The van der Waals surface area contributed by atoms with E-state index >= 15 is 0 Å². The van der Waals surface area contributed by atoms with Gasteiger partial charge in [0.15, 0.2) is 0 Å². The van der Waals surface area contributed by atoms with Crippen molar-refractivity contribution < 1.29 is 26.4 Å². The molecule has 0 aromatic heterocycles. The van der Waals surface area contributed by atoms with Crippen LogP contribution in [0.3, 0.4) is 0 Å². The fourth-order valence-electron chi connectivity index (χ4n) is 2.55. The van der Waals surface area contributed by atoms with Crippen LogP contribution in [0.1, 0.15) is 18.4 Å². The third kappa shape index (κ3) is 4.59. The summed E-state index contributed by atoms with van der Waals surface area (Å²) in [6, 6.07) is 9.90. The lowest BCUT2D eigenvalue weighted by Crippen LogP contribution is -2.41. The third-order valence-corrected chi connectivity index (χ3v) is 6.22. The molecule has 10 heteroatoms. The van der Waals surface area contributed by atoms with E-state index in [0.717, 1.165) is 25.0 Å². The first kappa shape index (κ1) is 20.5. The Morgan fingerprint density at radius 3 is 2.36 bits per heavy atom. The minimum atomic E-state index is -4.77. The molecule has 0 saturated heterocycles. The Bertz CT molecular complexity index is 977. The van der Waals surface area contributed by atoms with E-state index in [1.165, 1.54) is 24.3 Å². The van der Waals surface area contributed by atoms with Gasteiger partial charge in [-0.05, 0) is 43.2 Å². The molecule has 1 N–H and O–H groups in total. The number of nitrogens with one attached hydrogen (secondary N) is 1. The van der Waals surface area contributed by atoms with E-state index in [9.17, 15) is 26.4 Å². The zero-order chi connectivity index (χ0) is 20.5. The van der Waals surface area contributed by atoms with Gasteiger partial charge in [0.05, 0.1) is 21.2 Å². The zero-order valence-electron chi connectivity index (χ0n) is 14.4. The summed E-state index contributed by atoms with van der Waals surface area (Å²) in [7, 11) is -4.28. The Hall–Kier alpha value is -2.26. The Balaban J connectivity index is 2.04. The number of hydrogen-bond donors (Lipinski definition) is 1. The number of carbonyl (C=O) groups excluding carboxylic acids is 1. The molecule has 2 aromatic rings. The Labute approximate surface area is 165 Å². The van der Waals surface area contributed by atoms with Crippen LogP contribution in [-0.2, 0) is 21.0 Å². The molecular weight excluding hydrogens is 417 g/mol. The molecule has 1 aliphatic rings. The first-order chi connectivity index (χ1) is 13.1. The Kier molecular flexibility index (Phi) is 5.58. The molecule has 0 radical (unpaired) electrons. The second-order valence-corrected chi connectivity index (χ2v) is 8.60. The summed E-state index contributed by atoms with van der Waals surface area (Å²) in [6.07, 6.45) is -3.20. The van der Waals surface area contributed by atoms with Crippen molar-refractivity contribution in [1.82, 2.24) is 5.32 Å². The molecule has 2 aromatic carbocycles. The lowest BCUT2D eigenvalue weighted by molar-refractivity contribution is -0.137. The summed E-state index contributed by atoms with van der Waals surface area (Å²) in [5.74, 6) is -0.592. The van der Waals surface area contributed by atoms with Crippen molar-refractivity contribution in [3.63, 3.8) is 0 Å². The van der Waals surface area contributed by atoms with Crippen molar-refractivity contribution in [3.8, 4) is 0 Å². The largest absolute Gasteiger partial charge is 0.417 e. The van der Waals surface area contributed by atoms with E-state index in [1.807, 2.05) is 0 Å². The minimum Gasteiger partial charge on any atom is -0.352 e. The number of halogens is 4. The minimum absolute atomic E-state index is 0.0234. The molecular formula is C18H16ClF3N2O3S. The van der Waals surface area contributed by atoms with Gasteiger partial charge in [0.25, 0.3) is 10.0 Å². The highest BCUT2D eigenvalue weighted by Gasteiger charge is 2.36. The first-order valence-corrected chi connectivity index (χ1v) is 10.1. The molecule has 1 fully saturated rings. The second kappa shape index (κ2) is 7.63. The number of benzene rings is 2. The third-order valence-electron chi connectivity index (χ3n) is 4.10. The molecule has 1 aliphatic carbocycles. The second-order valence-electron chi connectivity index (χ2n) is 6.33. The van der Waals surface area contributed by atoms with E-state index in [0.29, 0.717) is 10.4 Å². The average Bonchev–Trinajstić information content (AvgIpc) is 3.44. The van der Waals surface area contributed by atoms with Crippen LogP contribution in [0.15, 0.2) is 53.4 Å². The predicted molar refractivity (Wildman–Crippen MR) is 98.6 cm³/mol. The molecule has 0 atom stereocenters. The van der Waals surface area contributed by atoms with Crippen molar-refractivity contribution in [1.29, 1.82) is 0 Å². The van der Waals surface area contributed by atoms with Gasteiger partial charge in [0.1, 0.15) is 6.54 Å². The zero-order valence-corrected chi connectivity index (χ0v) is 16.0. The fraction of sp³-hybridized carbons (Fsp3) is 0.278. The van der Waals surface area contributed by atoms with Crippen LogP contribution in [0, 0.1) is 0 Å². The molecule has 0 aliphatic heterocycles. The van der Waals surface area contributed by atoms with Crippen molar-refractivity contribution in [2.75, 3.05) is 10.8 Å². The summed E-state index contributed by atoms with van der Waals surface area (Å²) in [4.78, 5) is 12.1. The van der Waals surface area contributed by atoms with Gasteiger partial charge >= 0.3 is 6.18 Å². The standard InChI is InChI=1S/C18H16ClF3N2O3S/c19-16-9-8-13(10-15(16)18(20,21)22)24(11-17(25)23-12-6-7-12)28(26,27)14-4-2-1-3-5-14/h1-5,8-10,12H,6-7,11H2,(H,23,25). The van der Waals surface area contributed by atoms with Crippen molar-refractivity contribution in [2.45, 2.75) is 30.0 Å². The SMILES string of the molecule is O=C(CN(c1ccc(Cl)c(C(F)(F)F)c1)S(=O)(=O)c1ccccc1)NC1CC1. The number of alkyl halides is 3. The Morgan fingerprint density at radius 1 is 1.14 bits per heavy atom. The van der Waals surface area contributed by atoms with Crippen molar-refractivity contribution >= 4 is 33.2 Å². The highest BCUT2D eigenvalue weighted by Crippen LogP contribution is 2.38. The van der Waals surface area contributed by atoms with Gasteiger partial charge in [0, 0.05) is 6.04 Å². The Morgan fingerprint density at radius 2 is 1.79 bits per heavy atom. The maximum absolute atomic E-state index is 13.2. The van der Waals surface area contributed by atoms with Crippen LogP contribution >= 0.6 is 11.6 Å². The van der Waals surface area contributed by atoms with E-state index in [2.05, 4.69) is 5.32 Å². The van der Waals surface area contributed by atoms with Crippen LogP contribution in [0.2, 0.25) is 5.02 Å². The van der Waals surface area contributed by atoms with Gasteiger partial charge < -0.3 is 5.32 Å². The van der Waals surface area contributed by atoms with Crippen LogP contribution < -0.4 is 9.62 Å². The van der Waals surface area contributed by atoms with E-state index in [1.54, 1.807) is 6.07 Å². The number of nitrogens with zero attached hydrogens (tertiary/aromatic N) is 1. The highest BCUT2D eigenvalue weighted by atomic mass is 35.5. The van der Waals surface area contributed by atoms with Gasteiger partial charge in [-0.15, -0.1) is 0 Å². The summed E-state index contributed by atoms with van der Waals surface area (Å²) in [5, 5.41) is 2.08. The van der Waals surface area contributed by atoms with Crippen molar-refractivity contribution in [3.05, 3.63) is 59.1 Å². The number of rotatable bonds is 6. The lowest BCUT2D eigenvalue weighted by Gasteiger charge is -2.25. The summed E-state index contributed by atoms with van der Waals surface area (Å²) >= 11 is 5.63. The lowest BCUT2D eigenvalue weighted by atomic mass is 10.2. The van der Waals surface area contributed by atoms with Gasteiger partial charge in [-0.3, -0.25) is 9.10 Å². The molecule has 1 saturated carbocycles. The quantitative estimate of drug-likeness (QED) is 0.754. The molecule has 150 valence electrons. The molecule has 5 nitrogen and oxygen atoms in total. The summed E-state index contributed by atoms with van der Waals surface area (Å²) in [5.41, 5.74) is -1.48. The number of hydrogen-bond acceptors (Lipinski definition) is 3. The fourth-order valence-corrected chi connectivity index (χ4v) is 4.21. The highest BCUT2D eigenvalue weighted by molar-refractivity contribution is 7.92. The molecule has 0 bridgehead atoms. The normalized spacial score (nSPS) is 14.6. The molecule has 1 amide bonds. The predicted octanol–water partition coefficient (Wildman–Crippen LogP) is 3.83.